The van der Waals surface area contributed by atoms with Gasteiger partial charge in [0.1, 0.15) is 5.82 Å². The molecule has 1 unspecified atom stereocenters. The first kappa shape index (κ1) is 13.8. The zero-order valence-corrected chi connectivity index (χ0v) is 11.0. The third kappa shape index (κ3) is 3.23. The van der Waals surface area contributed by atoms with Crippen LogP contribution in [0, 0.1) is 5.82 Å². The Kier molecular flexibility index (Phi) is 4.37. The minimum absolute atomic E-state index is 0.0153. The number of carboxylic acid groups (broad SMARTS) is 1. The average molecular weight is 266 g/mol. The molecule has 0 aliphatic carbocycles. The lowest BCUT2D eigenvalue weighted by Gasteiger charge is -2.32. The first-order chi connectivity index (χ1) is 9.09. The number of para-hydroxylation sites is 1. The van der Waals surface area contributed by atoms with E-state index in [9.17, 15) is 9.18 Å². The second kappa shape index (κ2) is 6.02. The molecule has 2 N–H and O–H groups in total. The van der Waals surface area contributed by atoms with E-state index < -0.39 is 11.8 Å². The molecular weight excluding hydrogens is 247 g/mol. The van der Waals surface area contributed by atoms with Gasteiger partial charge in [-0.1, -0.05) is 12.5 Å². The van der Waals surface area contributed by atoms with Crippen LogP contribution < -0.4 is 5.32 Å². The number of rotatable bonds is 4. The summed E-state index contributed by atoms with van der Waals surface area (Å²) in [6.07, 6.45) is 3.41. The van der Waals surface area contributed by atoms with Crippen molar-refractivity contribution < 1.29 is 14.3 Å². The summed E-state index contributed by atoms with van der Waals surface area (Å²) in [6, 6.07) is 4.43. The van der Waals surface area contributed by atoms with Crippen molar-refractivity contribution in [3.63, 3.8) is 0 Å². The van der Waals surface area contributed by atoms with E-state index >= 15 is 0 Å². The molecule has 1 aliphatic rings. The van der Waals surface area contributed by atoms with Gasteiger partial charge in [-0.05, 0) is 38.6 Å². The third-order valence-corrected chi connectivity index (χ3v) is 3.68. The number of nitrogens with zero attached hydrogens (tertiary/aromatic N) is 1. The Morgan fingerprint density at radius 1 is 1.53 bits per heavy atom. The van der Waals surface area contributed by atoms with Crippen molar-refractivity contribution in [3.8, 4) is 0 Å². The van der Waals surface area contributed by atoms with E-state index in [4.69, 9.17) is 5.11 Å². The fourth-order valence-corrected chi connectivity index (χ4v) is 2.50. The average Bonchev–Trinajstić information content (AvgIpc) is 2.38. The highest BCUT2D eigenvalue weighted by Gasteiger charge is 2.20. The molecule has 1 heterocycles. The minimum Gasteiger partial charge on any atom is -0.478 e. The number of benzene rings is 1. The smallest absolute Gasteiger partial charge is 0.337 e. The Hall–Kier alpha value is -1.62. The highest BCUT2D eigenvalue weighted by atomic mass is 19.1. The Labute approximate surface area is 112 Å². The Bertz CT molecular complexity index is 465. The maximum absolute atomic E-state index is 13.7. The molecule has 1 aromatic carbocycles. The number of nitrogens with one attached hydrogen (secondary N) is 1. The van der Waals surface area contributed by atoms with Crippen molar-refractivity contribution in [3.05, 3.63) is 29.6 Å². The maximum atomic E-state index is 13.7. The fourth-order valence-electron chi connectivity index (χ4n) is 2.50. The van der Waals surface area contributed by atoms with Gasteiger partial charge in [0.25, 0.3) is 0 Å². The number of halogens is 1. The summed E-state index contributed by atoms with van der Waals surface area (Å²) in [4.78, 5) is 13.3. The summed E-state index contributed by atoms with van der Waals surface area (Å²) in [5.41, 5.74) is 0.0763. The summed E-state index contributed by atoms with van der Waals surface area (Å²) in [5.74, 6) is -1.63. The number of carboxylic acids is 1. The number of carbonyl (C=O) groups is 1. The number of aromatic carboxylic acids is 1. The first-order valence-corrected chi connectivity index (χ1v) is 6.55. The molecule has 104 valence electrons. The van der Waals surface area contributed by atoms with Crippen molar-refractivity contribution in [2.24, 2.45) is 0 Å². The van der Waals surface area contributed by atoms with Gasteiger partial charge in [0, 0.05) is 12.6 Å². The van der Waals surface area contributed by atoms with Crippen molar-refractivity contribution in [1.82, 2.24) is 4.90 Å². The molecule has 0 bridgehead atoms. The number of hydrogen-bond donors (Lipinski definition) is 2. The van der Waals surface area contributed by atoms with Crippen LogP contribution in [0.5, 0.6) is 0 Å². The lowest BCUT2D eigenvalue weighted by atomic mass is 10.0. The van der Waals surface area contributed by atoms with E-state index in [2.05, 4.69) is 10.2 Å². The van der Waals surface area contributed by atoms with Gasteiger partial charge < -0.3 is 15.3 Å². The zero-order chi connectivity index (χ0) is 13.8. The number of anilines is 1. The van der Waals surface area contributed by atoms with E-state index in [0.29, 0.717) is 12.6 Å². The molecule has 0 radical (unpaired) electrons. The number of likely N-dealkylation sites (tertiary alicyclic amines) is 1. The topological polar surface area (TPSA) is 52.6 Å². The largest absolute Gasteiger partial charge is 0.478 e. The predicted octanol–water partition coefficient (Wildman–Crippen LogP) is 2.42. The van der Waals surface area contributed by atoms with Crippen LogP contribution in [0.25, 0.3) is 0 Å². The highest BCUT2D eigenvalue weighted by molar-refractivity contribution is 5.94. The molecule has 2 rings (SSSR count). The summed E-state index contributed by atoms with van der Waals surface area (Å²) in [7, 11) is 2.05. The van der Waals surface area contributed by atoms with Crippen LogP contribution in [-0.4, -0.2) is 42.2 Å². The monoisotopic (exact) mass is 266 g/mol. The molecule has 0 amide bonds. The van der Waals surface area contributed by atoms with E-state index in [-0.39, 0.29) is 11.3 Å². The highest BCUT2D eigenvalue weighted by Crippen LogP contribution is 2.21. The molecule has 19 heavy (non-hydrogen) atoms. The molecule has 1 atom stereocenters. The molecule has 1 aliphatic heterocycles. The summed E-state index contributed by atoms with van der Waals surface area (Å²) >= 11 is 0. The van der Waals surface area contributed by atoms with Gasteiger partial charge >= 0.3 is 5.97 Å². The molecule has 1 fully saturated rings. The van der Waals surface area contributed by atoms with E-state index in [1.807, 2.05) is 7.05 Å². The predicted molar refractivity (Wildman–Crippen MR) is 72.1 cm³/mol. The summed E-state index contributed by atoms with van der Waals surface area (Å²) < 4.78 is 13.7. The van der Waals surface area contributed by atoms with Crippen LogP contribution in [0.4, 0.5) is 10.1 Å². The van der Waals surface area contributed by atoms with Crippen molar-refractivity contribution in [2.45, 2.75) is 25.3 Å². The molecule has 0 saturated carbocycles. The van der Waals surface area contributed by atoms with E-state index in [1.165, 1.54) is 31.0 Å². The van der Waals surface area contributed by atoms with Gasteiger partial charge in [-0.2, -0.15) is 0 Å². The quantitative estimate of drug-likeness (QED) is 0.878. The maximum Gasteiger partial charge on any atom is 0.337 e. The van der Waals surface area contributed by atoms with Crippen molar-refractivity contribution >= 4 is 11.7 Å². The molecule has 1 aromatic rings. The molecule has 0 spiro atoms. The van der Waals surface area contributed by atoms with Crippen LogP contribution in [-0.2, 0) is 0 Å². The van der Waals surface area contributed by atoms with Crippen LogP contribution in [0.2, 0.25) is 0 Å². The van der Waals surface area contributed by atoms with Crippen molar-refractivity contribution in [1.29, 1.82) is 0 Å². The molecule has 1 saturated heterocycles. The first-order valence-electron chi connectivity index (χ1n) is 6.55. The van der Waals surface area contributed by atoms with Crippen LogP contribution in [0.3, 0.4) is 0 Å². The SMILES string of the molecule is CN1CCCCC1CNc1c(F)cccc1C(=O)O. The molecule has 0 aromatic heterocycles. The lowest BCUT2D eigenvalue weighted by molar-refractivity contribution is 0.0697. The summed E-state index contributed by atoms with van der Waals surface area (Å²) in [6.45, 7) is 1.60. The van der Waals surface area contributed by atoms with Crippen molar-refractivity contribution in [2.75, 3.05) is 25.5 Å². The fraction of sp³-hybridized carbons (Fsp3) is 0.500. The Morgan fingerprint density at radius 2 is 2.32 bits per heavy atom. The summed E-state index contributed by atoms with van der Waals surface area (Å²) in [5, 5.41) is 12.0. The van der Waals surface area contributed by atoms with Crippen LogP contribution in [0.15, 0.2) is 18.2 Å². The van der Waals surface area contributed by atoms with Crippen LogP contribution in [0.1, 0.15) is 29.6 Å². The number of likely N-dealkylation sites (N-methyl/N-ethyl adjacent to an activating group) is 1. The minimum atomic E-state index is -1.11. The molecular formula is C14H19FN2O2. The Balaban J connectivity index is 2.08. The van der Waals surface area contributed by atoms with Crippen LogP contribution >= 0.6 is 0 Å². The van der Waals surface area contributed by atoms with E-state index in [0.717, 1.165) is 13.0 Å². The number of hydrogen-bond acceptors (Lipinski definition) is 3. The standard InChI is InChI=1S/C14H19FN2O2/c1-17-8-3-2-5-10(17)9-16-13-11(14(18)19)6-4-7-12(13)15/h4,6-7,10,16H,2-3,5,8-9H2,1H3,(H,18,19). The van der Waals surface area contributed by atoms with Gasteiger partial charge in [0.2, 0.25) is 0 Å². The van der Waals surface area contributed by atoms with Gasteiger partial charge in [-0.25, -0.2) is 9.18 Å². The second-order valence-corrected chi connectivity index (χ2v) is 4.98. The molecule has 5 heteroatoms. The zero-order valence-electron chi connectivity index (χ0n) is 11.0. The van der Waals surface area contributed by atoms with Gasteiger partial charge in [0.15, 0.2) is 0 Å². The number of piperidine rings is 1. The lowest BCUT2D eigenvalue weighted by Crippen LogP contribution is -2.41. The van der Waals surface area contributed by atoms with E-state index in [1.54, 1.807) is 0 Å². The normalized spacial score (nSPS) is 20.2. The van der Waals surface area contributed by atoms with Gasteiger partial charge in [-0.15, -0.1) is 0 Å². The molecule has 4 nitrogen and oxygen atoms in total. The van der Waals surface area contributed by atoms with Gasteiger partial charge in [0.05, 0.1) is 11.3 Å². The Morgan fingerprint density at radius 3 is 3.00 bits per heavy atom. The second-order valence-electron chi connectivity index (χ2n) is 4.98. The third-order valence-electron chi connectivity index (χ3n) is 3.68. The van der Waals surface area contributed by atoms with Gasteiger partial charge in [-0.3, -0.25) is 0 Å².